The van der Waals surface area contributed by atoms with E-state index >= 15 is 0 Å². The van der Waals surface area contributed by atoms with Crippen LogP contribution in [0.4, 0.5) is 0 Å². The Hall–Kier alpha value is -0.860. The Morgan fingerprint density at radius 1 is 1.15 bits per heavy atom. The Labute approximate surface area is 123 Å². The Morgan fingerprint density at radius 2 is 1.80 bits per heavy atom. The van der Waals surface area contributed by atoms with Crippen LogP contribution in [0.2, 0.25) is 0 Å². The van der Waals surface area contributed by atoms with Crippen molar-refractivity contribution in [3.63, 3.8) is 0 Å². The summed E-state index contributed by atoms with van der Waals surface area (Å²) < 4.78 is 5.67. The summed E-state index contributed by atoms with van der Waals surface area (Å²) >= 11 is 0. The number of hydrogen-bond acceptors (Lipinski definition) is 2. The lowest BCUT2D eigenvalue weighted by Crippen LogP contribution is -2.34. The van der Waals surface area contributed by atoms with Crippen LogP contribution in [0, 0.1) is 19.8 Å². The molecule has 20 heavy (non-hydrogen) atoms. The van der Waals surface area contributed by atoms with Gasteiger partial charge in [0.15, 0.2) is 0 Å². The van der Waals surface area contributed by atoms with Gasteiger partial charge in [0.25, 0.3) is 0 Å². The van der Waals surface area contributed by atoms with E-state index in [1.54, 1.807) is 0 Å². The zero-order valence-corrected chi connectivity index (χ0v) is 13.4. The van der Waals surface area contributed by atoms with Gasteiger partial charge in [-0.15, -0.1) is 0 Å². The van der Waals surface area contributed by atoms with Crippen molar-refractivity contribution in [2.45, 2.75) is 59.1 Å². The molecule has 0 saturated heterocycles. The summed E-state index contributed by atoms with van der Waals surface area (Å²) in [5.41, 5.74) is 4.18. The molecule has 1 aromatic rings. The highest BCUT2D eigenvalue weighted by atomic mass is 16.5. The van der Waals surface area contributed by atoms with Crippen LogP contribution in [-0.2, 0) is 4.74 Å². The average molecular weight is 275 g/mol. The molecule has 0 aliphatic heterocycles. The fourth-order valence-corrected chi connectivity index (χ4v) is 3.37. The van der Waals surface area contributed by atoms with Crippen molar-refractivity contribution in [1.29, 1.82) is 0 Å². The zero-order chi connectivity index (χ0) is 14.5. The van der Waals surface area contributed by atoms with Crippen LogP contribution < -0.4 is 5.32 Å². The number of ether oxygens (including phenoxy) is 1. The fraction of sp³-hybridized carbons (Fsp3) is 0.667. The van der Waals surface area contributed by atoms with Gasteiger partial charge < -0.3 is 10.1 Å². The summed E-state index contributed by atoms with van der Waals surface area (Å²) in [7, 11) is 0. The van der Waals surface area contributed by atoms with E-state index in [-0.39, 0.29) is 0 Å². The fourth-order valence-electron chi connectivity index (χ4n) is 3.37. The van der Waals surface area contributed by atoms with Crippen LogP contribution in [0.5, 0.6) is 0 Å². The molecular formula is C18H29NO. The minimum atomic E-state index is 0.492. The third-order valence-electron chi connectivity index (χ3n) is 4.26. The lowest BCUT2D eigenvalue weighted by Gasteiger charge is -2.37. The predicted octanol–water partition coefficient (Wildman–Crippen LogP) is 4.16. The number of aryl methyl sites for hydroxylation is 2. The Morgan fingerprint density at radius 3 is 2.35 bits per heavy atom. The second-order valence-electron chi connectivity index (χ2n) is 6.18. The number of benzene rings is 1. The molecule has 1 saturated carbocycles. The van der Waals surface area contributed by atoms with E-state index in [4.69, 9.17) is 4.74 Å². The quantitative estimate of drug-likeness (QED) is 0.807. The number of hydrogen-bond donors (Lipinski definition) is 1. The van der Waals surface area contributed by atoms with Crippen LogP contribution in [0.3, 0.4) is 0 Å². The van der Waals surface area contributed by atoms with Crippen LogP contribution in [0.1, 0.15) is 55.8 Å². The SMILES string of the molecule is CCNC(CC1CC(OCC)C1)c1cc(C)cc(C)c1. The van der Waals surface area contributed by atoms with Gasteiger partial charge in [-0.3, -0.25) is 0 Å². The van der Waals surface area contributed by atoms with Gasteiger partial charge in [-0.25, -0.2) is 0 Å². The highest BCUT2D eigenvalue weighted by molar-refractivity contribution is 5.30. The second-order valence-corrected chi connectivity index (χ2v) is 6.18. The van der Waals surface area contributed by atoms with Crippen molar-refractivity contribution in [3.8, 4) is 0 Å². The first-order valence-corrected chi connectivity index (χ1v) is 8.05. The van der Waals surface area contributed by atoms with Crippen molar-refractivity contribution in [1.82, 2.24) is 5.32 Å². The first-order valence-electron chi connectivity index (χ1n) is 8.05. The molecule has 1 unspecified atom stereocenters. The molecule has 112 valence electrons. The zero-order valence-electron chi connectivity index (χ0n) is 13.4. The third kappa shape index (κ3) is 4.07. The summed E-state index contributed by atoms with van der Waals surface area (Å²) in [6.45, 7) is 10.5. The molecule has 1 aromatic carbocycles. The van der Waals surface area contributed by atoms with Gasteiger partial charge >= 0.3 is 0 Å². The van der Waals surface area contributed by atoms with E-state index in [2.05, 4.69) is 51.2 Å². The van der Waals surface area contributed by atoms with E-state index in [9.17, 15) is 0 Å². The van der Waals surface area contributed by atoms with Gasteiger partial charge in [-0.05, 0) is 58.1 Å². The predicted molar refractivity (Wildman–Crippen MR) is 85.1 cm³/mol. The van der Waals surface area contributed by atoms with E-state index in [0.29, 0.717) is 12.1 Å². The lowest BCUT2D eigenvalue weighted by atomic mass is 9.77. The molecule has 1 atom stereocenters. The second kappa shape index (κ2) is 7.24. The van der Waals surface area contributed by atoms with Crippen LogP contribution >= 0.6 is 0 Å². The van der Waals surface area contributed by atoms with Crippen molar-refractivity contribution in [2.75, 3.05) is 13.2 Å². The van der Waals surface area contributed by atoms with E-state index in [1.807, 2.05) is 0 Å². The Bertz CT molecular complexity index is 403. The normalized spacial score (nSPS) is 23.4. The number of nitrogens with one attached hydrogen (secondary N) is 1. The average Bonchev–Trinajstić information content (AvgIpc) is 2.34. The minimum Gasteiger partial charge on any atom is -0.378 e. The van der Waals surface area contributed by atoms with Crippen LogP contribution in [0.25, 0.3) is 0 Å². The van der Waals surface area contributed by atoms with Crippen LogP contribution in [-0.4, -0.2) is 19.3 Å². The van der Waals surface area contributed by atoms with Gasteiger partial charge in [-0.2, -0.15) is 0 Å². The van der Waals surface area contributed by atoms with Gasteiger partial charge in [0, 0.05) is 12.6 Å². The van der Waals surface area contributed by atoms with Gasteiger partial charge in [0.1, 0.15) is 0 Å². The molecule has 0 aromatic heterocycles. The molecule has 0 bridgehead atoms. The first kappa shape index (κ1) is 15.5. The topological polar surface area (TPSA) is 21.3 Å². The molecule has 1 aliphatic carbocycles. The van der Waals surface area contributed by atoms with Crippen molar-refractivity contribution < 1.29 is 4.74 Å². The monoisotopic (exact) mass is 275 g/mol. The maximum Gasteiger partial charge on any atom is 0.0580 e. The van der Waals surface area contributed by atoms with Gasteiger partial charge in [0.2, 0.25) is 0 Å². The van der Waals surface area contributed by atoms with Gasteiger partial charge in [-0.1, -0.05) is 36.2 Å². The summed E-state index contributed by atoms with van der Waals surface area (Å²) in [5, 5.41) is 3.66. The first-order chi connectivity index (χ1) is 9.62. The summed E-state index contributed by atoms with van der Waals surface area (Å²) in [5.74, 6) is 0.816. The number of rotatable bonds is 7. The smallest absolute Gasteiger partial charge is 0.0580 e. The third-order valence-corrected chi connectivity index (χ3v) is 4.26. The summed E-state index contributed by atoms with van der Waals surface area (Å²) in [4.78, 5) is 0. The Balaban J connectivity index is 1.97. The molecule has 0 amide bonds. The van der Waals surface area contributed by atoms with E-state index in [1.165, 1.54) is 36.0 Å². The van der Waals surface area contributed by atoms with E-state index in [0.717, 1.165) is 19.1 Å². The van der Waals surface area contributed by atoms with Crippen molar-refractivity contribution in [2.24, 2.45) is 5.92 Å². The lowest BCUT2D eigenvalue weighted by molar-refractivity contribution is -0.0291. The molecule has 2 nitrogen and oxygen atoms in total. The maximum atomic E-state index is 5.67. The molecule has 1 aliphatic rings. The Kier molecular flexibility index (Phi) is 5.62. The molecule has 0 spiro atoms. The highest BCUT2D eigenvalue weighted by Crippen LogP contribution is 2.37. The standard InChI is InChI=1S/C18H29NO/c1-5-19-18(12-15-10-17(11-15)20-6-2)16-8-13(3)7-14(4)9-16/h7-9,15,17-19H,5-6,10-12H2,1-4H3. The summed E-state index contributed by atoms with van der Waals surface area (Å²) in [6.07, 6.45) is 4.23. The van der Waals surface area contributed by atoms with Crippen LogP contribution in [0.15, 0.2) is 18.2 Å². The molecule has 2 rings (SSSR count). The largest absolute Gasteiger partial charge is 0.378 e. The minimum absolute atomic E-state index is 0.492. The molecule has 1 N–H and O–H groups in total. The molecule has 0 radical (unpaired) electrons. The van der Waals surface area contributed by atoms with Crippen molar-refractivity contribution in [3.05, 3.63) is 34.9 Å². The molecule has 0 heterocycles. The van der Waals surface area contributed by atoms with Crippen molar-refractivity contribution >= 4 is 0 Å². The van der Waals surface area contributed by atoms with Gasteiger partial charge in [0.05, 0.1) is 6.10 Å². The summed E-state index contributed by atoms with van der Waals surface area (Å²) in [6, 6.07) is 7.41. The van der Waals surface area contributed by atoms with E-state index < -0.39 is 0 Å². The molecular weight excluding hydrogens is 246 g/mol. The molecule has 2 heteroatoms. The molecule has 1 fully saturated rings. The maximum absolute atomic E-state index is 5.67. The highest BCUT2D eigenvalue weighted by Gasteiger charge is 2.31.